The molecule has 2 aromatic rings. The van der Waals surface area contributed by atoms with Gasteiger partial charge in [-0.05, 0) is 24.3 Å². The second-order valence-electron chi connectivity index (χ2n) is 3.59. The van der Waals surface area contributed by atoms with Crippen molar-refractivity contribution in [2.45, 2.75) is 9.79 Å². The number of nitro groups is 1. The van der Waals surface area contributed by atoms with Crippen LogP contribution in [-0.2, 0) is 0 Å². The number of nitrogen functional groups attached to an aromatic ring is 1. The Labute approximate surface area is 112 Å². The molecule has 0 radical (unpaired) electrons. The van der Waals surface area contributed by atoms with Crippen molar-refractivity contribution in [2.24, 2.45) is 5.84 Å². The van der Waals surface area contributed by atoms with Gasteiger partial charge in [0, 0.05) is 4.90 Å². The number of hydrogen-bond donors (Lipinski definition) is 2. The molecule has 0 bridgehead atoms. The third kappa shape index (κ3) is 2.83. The summed E-state index contributed by atoms with van der Waals surface area (Å²) in [7, 11) is 0. The quantitative estimate of drug-likeness (QED) is 0.510. The van der Waals surface area contributed by atoms with E-state index < -0.39 is 10.7 Å². The summed E-state index contributed by atoms with van der Waals surface area (Å²) in [5.41, 5.74) is 2.29. The standard InChI is InChI=1S/C12H10FN3O2S/c13-8-4-1-2-6-10(8)19-11-7-3-5-9(15-14)12(11)16(17)18/h1-7,15H,14H2. The smallest absolute Gasteiger partial charge is 0.307 e. The Morgan fingerprint density at radius 3 is 2.47 bits per heavy atom. The van der Waals surface area contributed by atoms with Gasteiger partial charge in [0.25, 0.3) is 0 Å². The van der Waals surface area contributed by atoms with E-state index in [-0.39, 0.29) is 11.4 Å². The van der Waals surface area contributed by atoms with Crippen LogP contribution in [0.5, 0.6) is 0 Å². The molecule has 0 fully saturated rings. The number of hydrazine groups is 1. The van der Waals surface area contributed by atoms with E-state index in [0.29, 0.717) is 9.79 Å². The Morgan fingerprint density at radius 1 is 1.16 bits per heavy atom. The highest BCUT2D eigenvalue weighted by Crippen LogP contribution is 2.39. The molecular weight excluding hydrogens is 269 g/mol. The van der Waals surface area contributed by atoms with Crippen molar-refractivity contribution in [2.75, 3.05) is 5.43 Å². The number of anilines is 1. The molecule has 0 aromatic heterocycles. The summed E-state index contributed by atoms with van der Waals surface area (Å²) in [6.07, 6.45) is 0. The predicted octanol–water partition coefficient (Wildman–Crippen LogP) is 3.17. The summed E-state index contributed by atoms with van der Waals surface area (Å²) in [5, 5.41) is 11.1. The average Bonchev–Trinajstić information content (AvgIpc) is 2.40. The SMILES string of the molecule is NNc1cccc(Sc2ccccc2F)c1[N+](=O)[O-]. The molecule has 0 unspecified atom stereocenters. The fraction of sp³-hybridized carbons (Fsp3) is 0. The van der Waals surface area contributed by atoms with Gasteiger partial charge in [-0.3, -0.25) is 16.0 Å². The van der Waals surface area contributed by atoms with Crippen molar-refractivity contribution in [1.82, 2.24) is 0 Å². The van der Waals surface area contributed by atoms with E-state index in [1.165, 1.54) is 12.1 Å². The number of para-hydroxylation sites is 1. The lowest BCUT2D eigenvalue weighted by molar-refractivity contribution is -0.386. The summed E-state index contributed by atoms with van der Waals surface area (Å²) in [5.74, 6) is 4.82. The summed E-state index contributed by atoms with van der Waals surface area (Å²) in [4.78, 5) is 11.2. The first-order chi connectivity index (χ1) is 9.13. The van der Waals surface area contributed by atoms with Crippen molar-refractivity contribution < 1.29 is 9.31 Å². The van der Waals surface area contributed by atoms with E-state index in [4.69, 9.17) is 5.84 Å². The maximum Gasteiger partial charge on any atom is 0.307 e. The Morgan fingerprint density at radius 2 is 1.84 bits per heavy atom. The number of nitrogens with one attached hydrogen (secondary N) is 1. The Bertz CT molecular complexity index is 622. The van der Waals surface area contributed by atoms with E-state index in [2.05, 4.69) is 5.43 Å². The van der Waals surface area contributed by atoms with E-state index in [1.54, 1.807) is 30.3 Å². The van der Waals surface area contributed by atoms with E-state index in [1.807, 2.05) is 0 Å². The molecule has 5 nitrogen and oxygen atoms in total. The first-order valence-electron chi connectivity index (χ1n) is 5.30. The van der Waals surface area contributed by atoms with Crippen LogP contribution in [0.2, 0.25) is 0 Å². The minimum atomic E-state index is -0.543. The van der Waals surface area contributed by atoms with Crippen LogP contribution in [0.4, 0.5) is 15.8 Å². The minimum absolute atomic E-state index is 0.168. The lowest BCUT2D eigenvalue weighted by atomic mass is 10.3. The van der Waals surface area contributed by atoms with Crippen LogP contribution >= 0.6 is 11.8 Å². The van der Waals surface area contributed by atoms with Gasteiger partial charge in [0.1, 0.15) is 11.5 Å². The van der Waals surface area contributed by atoms with Crippen LogP contribution < -0.4 is 11.3 Å². The molecule has 0 heterocycles. The van der Waals surface area contributed by atoms with Crippen LogP contribution in [0.15, 0.2) is 52.3 Å². The number of hydrogen-bond acceptors (Lipinski definition) is 5. The lowest BCUT2D eigenvalue weighted by Crippen LogP contribution is -2.09. The molecule has 0 atom stereocenters. The van der Waals surface area contributed by atoms with Gasteiger partial charge in [-0.2, -0.15) is 0 Å². The molecule has 0 saturated heterocycles. The Kier molecular flexibility index (Phi) is 3.98. The van der Waals surface area contributed by atoms with Crippen LogP contribution in [0.1, 0.15) is 0 Å². The number of halogens is 1. The molecule has 7 heteroatoms. The molecule has 3 N–H and O–H groups in total. The molecule has 0 aliphatic rings. The van der Waals surface area contributed by atoms with Crippen LogP contribution in [-0.4, -0.2) is 4.92 Å². The first kappa shape index (κ1) is 13.3. The fourth-order valence-corrected chi connectivity index (χ4v) is 2.53. The van der Waals surface area contributed by atoms with Crippen molar-refractivity contribution in [3.63, 3.8) is 0 Å². The first-order valence-corrected chi connectivity index (χ1v) is 6.11. The molecule has 0 aliphatic carbocycles. The topological polar surface area (TPSA) is 81.2 Å². The van der Waals surface area contributed by atoms with E-state index >= 15 is 0 Å². The molecule has 19 heavy (non-hydrogen) atoms. The molecule has 2 aromatic carbocycles. The maximum atomic E-state index is 13.6. The zero-order valence-electron chi connectivity index (χ0n) is 9.67. The van der Waals surface area contributed by atoms with Gasteiger partial charge in [-0.1, -0.05) is 30.0 Å². The van der Waals surface area contributed by atoms with Gasteiger partial charge in [0.05, 0.1) is 9.82 Å². The monoisotopic (exact) mass is 279 g/mol. The van der Waals surface area contributed by atoms with Crippen molar-refractivity contribution >= 4 is 23.1 Å². The summed E-state index contributed by atoms with van der Waals surface area (Å²) in [6, 6.07) is 10.8. The Hall–Kier alpha value is -2.12. The highest BCUT2D eigenvalue weighted by Gasteiger charge is 2.20. The van der Waals surface area contributed by atoms with Gasteiger partial charge in [0.15, 0.2) is 0 Å². The highest BCUT2D eigenvalue weighted by atomic mass is 32.2. The number of nitro benzene ring substituents is 1. The zero-order chi connectivity index (χ0) is 13.8. The highest BCUT2D eigenvalue weighted by molar-refractivity contribution is 7.99. The zero-order valence-corrected chi connectivity index (χ0v) is 10.5. The predicted molar refractivity (Wildman–Crippen MR) is 71.4 cm³/mol. The van der Waals surface area contributed by atoms with Gasteiger partial charge < -0.3 is 5.43 Å². The minimum Gasteiger partial charge on any atom is -0.318 e. The average molecular weight is 279 g/mol. The van der Waals surface area contributed by atoms with Gasteiger partial charge >= 0.3 is 5.69 Å². The number of nitrogens with zero attached hydrogens (tertiary/aromatic N) is 1. The van der Waals surface area contributed by atoms with Crippen LogP contribution in [0.3, 0.4) is 0 Å². The van der Waals surface area contributed by atoms with Crippen LogP contribution in [0, 0.1) is 15.9 Å². The second kappa shape index (κ2) is 5.68. The van der Waals surface area contributed by atoms with Gasteiger partial charge in [0.2, 0.25) is 0 Å². The third-order valence-corrected chi connectivity index (χ3v) is 3.49. The Balaban J connectivity index is 2.46. The molecule has 0 saturated carbocycles. The molecular formula is C12H10FN3O2S. The lowest BCUT2D eigenvalue weighted by Gasteiger charge is -2.07. The largest absolute Gasteiger partial charge is 0.318 e. The molecule has 98 valence electrons. The number of nitrogens with two attached hydrogens (primary N) is 1. The molecule has 0 aliphatic heterocycles. The van der Waals surface area contributed by atoms with E-state index in [9.17, 15) is 14.5 Å². The normalized spacial score (nSPS) is 10.2. The molecule has 0 amide bonds. The summed E-state index contributed by atoms with van der Waals surface area (Å²) < 4.78 is 13.6. The maximum absolute atomic E-state index is 13.6. The van der Waals surface area contributed by atoms with Gasteiger partial charge in [-0.25, -0.2) is 4.39 Å². The number of benzene rings is 2. The number of rotatable bonds is 4. The van der Waals surface area contributed by atoms with Crippen molar-refractivity contribution in [3.8, 4) is 0 Å². The molecule has 0 spiro atoms. The van der Waals surface area contributed by atoms with Crippen molar-refractivity contribution in [3.05, 3.63) is 58.4 Å². The summed E-state index contributed by atoms with van der Waals surface area (Å²) in [6.45, 7) is 0. The second-order valence-corrected chi connectivity index (χ2v) is 4.67. The fourth-order valence-electron chi connectivity index (χ4n) is 1.56. The summed E-state index contributed by atoms with van der Waals surface area (Å²) >= 11 is 0.986. The third-order valence-electron chi connectivity index (χ3n) is 2.39. The van der Waals surface area contributed by atoms with Gasteiger partial charge in [-0.15, -0.1) is 0 Å². The van der Waals surface area contributed by atoms with E-state index in [0.717, 1.165) is 11.8 Å². The molecule has 2 rings (SSSR count). The van der Waals surface area contributed by atoms with Crippen molar-refractivity contribution in [1.29, 1.82) is 0 Å². The van der Waals surface area contributed by atoms with Crippen LogP contribution in [0.25, 0.3) is 0 Å².